The Bertz CT molecular complexity index is 1330. The third-order valence-corrected chi connectivity index (χ3v) is 7.34. The number of nitrogens with one attached hydrogen (secondary N) is 2. The van der Waals surface area contributed by atoms with Crippen molar-refractivity contribution in [2.75, 3.05) is 15.8 Å². The summed E-state index contributed by atoms with van der Waals surface area (Å²) in [5, 5.41) is 13.5. The highest BCUT2D eigenvalue weighted by Gasteiger charge is 2.18. The fourth-order valence-electron chi connectivity index (χ4n) is 2.77. The second-order valence-electron chi connectivity index (χ2n) is 6.49. The van der Waals surface area contributed by atoms with Crippen molar-refractivity contribution in [2.45, 2.75) is 16.6 Å². The van der Waals surface area contributed by atoms with Crippen LogP contribution in [-0.4, -0.2) is 39.8 Å². The van der Waals surface area contributed by atoms with Gasteiger partial charge in [0.1, 0.15) is 0 Å². The van der Waals surface area contributed by atoms with Crippen molar-refractivity contribution in [3.8, 4) is 11.6 Å². The van der Waals surface area contributed by atoms with Crippen LogP contribution in [0.25, 0.3) is 11.6 Å². The fourth-order valence-corrected chi connectivity index (χ4v) is 5.31. The number of hydrogen-bond donors (Lipinski definition) is 2. The van der Waals surface area contributed by atoms with Crippen LogP contribution in [0.3, 0.4) is 0 Å². The maximum Gasteiger partial charge on any atom is 0.263 e. The molecular weight excluding hydrogens is 484 g/mol. The van der Waals surface area contributed by atoms with Gasteiger partial charge < -0.3 is 9.73 Å². The quantitative estimate of drug-likeness (QED) is 0.248. The summed E-state index contributed by atoms with van der Waals surface area (Å²) >= 11 is 2.40. The molecule has 0 unspecified atom stereocenters. The number of thiazole rings is 1. The minimum atomic E-state index is -3.75. The molecule has 33 heavy (non-hydrogen) atoms. The highest BCUT2D eigenvalue weighted by Crippen LogP contribution is 2.25. The average Bonchev–Trinajstić information content (AvgIpc) is 3.55. The molecule has 0 radical (unpaired) electrons. The molecule has 170 valence electrons. The fraction of sp³-hybridized carbons (Fsp3) is 0.100. The first-order valence-electron chi connectivity index (χ1n) is 9.49. The molecule has 0 atom stereocenters. The van der Waals surface area contributed by atoms with Crippen LogP contribution < -0.4 is 10.0 Å². The van der Waals surface area contributed by atoms with Crippen LogP contribution in [0.5, 0.6) is 0 Å². The van der Waals surface area contributed by atoms with Gasteiger partial charge in [-0.1, -0.05) is 17.8 Å². The number of hydrogen-bond acceptors (Lipinski definition) is 9. The molecule has 2 N–H and O–H groups in total. The molecular formula is C20H18N6O4S3. The van der Waals surface area contributed by atoms with Gasteiger partial charge >= 0.3 is 0 Å². The smallest absolute Gasteiger partial charge is 0.263 e. The topological polar surface area (TPSA) is 132 Å². The first kappa shape index (κ1) is 22.8. The summed E-state index contributed by atoms with van der Waals surface area (Å²) in [4.78, 5) is 16.4. The Morgan fingerprint density at radius 2 is 2.06 bits per heavy atom. The van der Waals surface area contributed by atoms with Crippen LogP contribution >= 0.6 is 23.1 Å². The summed E-state index contributed by atoms with van der Waals surface area (Å²) in [6.45, 7) is 4.21. The summed E-state index contributed by atoms with van der Waals surface area (Å²) in [6.07, 6.45) is 4.77. The lowest BCUT2D eigenvalue weighted by molar-refractivity contribution is -0.113. The zero-order valence-electron chi connectivity index (χ0n) is 17.0. The summed E-state index contributed by atoms with van der Waals surface area (Å²) < 4.78 is 34.4. The Labute approximate surface area is 197 Å². The number of carbonyl (C=O) groups excluding carboxylic acids is 1. The molecule has 4 rings (SSSR count). The number of amides is 1. The van der Waals surface area contributed by atoms with E-state index in [2.05, 4.69) is 31.8 Å². The van der Waals surface area contributed by atoms with E-state index in [-0.39, 0.29) is 21.7 Å². The van der Waals surface area contributed by atoms with Crippen molar-refractivity contribution in [1.29, 1.82) is 0 Å². The summed E-state index contributed by atoms with van der Waals surface area (Å²) in [5.41, 5.74) is 0.470. The first-order chi connectivity index (χ1) is 16.0. The van der Waals surface area contributed by atoms with Gasteiger partial charge in [0.15, 0.2) is 16.0 Å². The Kier molecular flexibility index (Phi) is 6.91. The molecule has 0 aliphatic rings. The van der Waals surface area contributed by atoms with Crippen LogP contribution in [0.2, 0.25) is 0 Å². The van der Waals surface area contributed by atoms with Crippen LogP contribution in [0, 0.1) is 0 Å². The number of aromatic nitrogens is 4. The Hall–Kier alpha value is -3.42. The monoisotopic (exact) mass is 502 g/mol. The molecule has 1 aromatic carbocycles. The molecule has 3 aromatic heterocycles. The van der Waals surface area contributed by atoms with Crippen LogP contribution in [0.1, 0.15) is 0 Å². The third kappa shape index (κ3) is 5.50. The van der Waals surface area contributed by atoms with Crippen molar-refractivity contribution >= 4 is 49.8 Å². The van der Waals surface area contributed by atoms with Gasteiger partial charge in [0.05, 0.1) is 16.9 Å². The Morgan fingerprint density at radius 3 is 2.73 bits per heavy atom. The molecule has 0 aliphatic carbocycles. The van der Waals surface area contributed by atoms with E-state index < -0.39 is 10.0 Å². The zero-order chi connectivity index (χ0) is 23.3. The van der Waals surface area contributed by atoms with Crippen LogP contribution in [0.4, 0.5) is 10.8 Å². The normalized spacial score (nSPS) is 11.3. The molecule has 0 bridgehead atoms. The number of nitrogens with zero attached hydrogens (tertiary/aromatic N) is 4. The van der Waals surface area contributed by atoms with Gasteiger partial charge in [-0.2, -0.15) is 0 Å². The SMILES string of the molecule is C=CCn1c(SCC(=O)Nc2ccc(S(=O)(=O)Nc3nccs3)cc2)nnc1-c1ccco1. The highest BCUT2D eigenvalue weighted by atomic mass is 32.2. The average molecular weight is 503 g/mol. The molecule has 0 fully saturated rings. The molecule has 0 saturated carbocycles. The van der Waals surface area contributed by atoms with Crippen molar-refractivity contribution in [1.82, 2.24) is 19.7 Å². The lowest BCUT2D eigenvalue weighted by Crippen LogP contribution is -2.15. The molecule has 0 aliphatic heterocycles. The van der Waals surface area contributed by atoms with E-state index in [1.165, 1.54) is 53.6 Å². The van der Waals surface area contributed by atoms with Gasteiger partial charge in [-0.15, -0.1) is 28.1 Å². The lowest BCUT2D eigenvalue weighted by atomic mass is 10.3. The van der Waals surface area contributed by atoms with Crippen LogP contribution in [0.15, 0.2) is 81.4 Å². The van der Waals surface area contributed by atoms with E-state index in [0.717, 1.165) is 0 Å². The van der Waals surface area contributed by atoms with E-state index >= 15 is 0 Å². The highest BCUT2D eigenvalue weighted by molar-refractivity contribution is 7.99. The summed E-state index contributed by atoms with van der Waals surface area (Å²) in [5.74, 6) is 0.925. The van der Waals surface area contributed by atoms with Gasteiger partial charge in [0.25, 0.3) is 10.0 Å². The van der Waals surface area contributed by atoms with Crippen molar-refractivity contribution < 1.29 is 17.6 Å². The van der Waals surface area contributed by atoms with Gasteiger partial charge in [-0.3, -0.25) is 14.1 Å². The van der Waals surface area contributed by atoms with E-state index in [0.29, 0.717) is 29.0 Å². The number of benzene rings is 1. The zero-order valence-corrected chi connectivity index (χ0v) is 19.5. The maximum atomic E-state index is 12.4. The second-order valence-corrected chi connectivity index (χ2v) is 10.0. The molecule has 10 nitrogen and oxygen atoms in total. The molecule has 0 saturated heterocycles. The van der Waals surface area contributed by atoms with E-state index in [4.69, 9.17) is 4.42 Å². The second kappa shape index (κ2) is 10.0. The number of carbonyl (C=O) groups is 1. The van der Waals surface area contributed by atoms with E-state index in [9.17, 15) is 13.2 Å². The van der Waals surface area contributed by atoms with E-state index in [1.807, 2.05) is 0 Å². The van der Waals surface area contributed by atoms with Crippen LogP contribution in [-0.2, 0) is 21.4 Å². The van der Waals surface area contributed by atoms with Crippen molar-refractivity contribution in [2.24, 2.45) is 0 Å². The number of anilines is 2. The molecule has 4 aromatic rings. The van der Waals surface area contributed by atoms with Crippen molar-refractivity contribution in [3.05, 3.63) is 66.9 Å². The number of thioether (sulfide) groups is 1. The standard InChI is InChI=1S/C20H18N6O4S3/c1-2-10-26-18(16-4-3-11-30-16)23-24-20(26)32-13-17(27)22-14-5-7-15(8-6-14)33(28,29)25-19-21-9-12-31-19/h2-9,11-12H,1,10,13H2,(H,21,25)(H,22,27). The Morgan fingerprint density at radius 1 is 1.24 bits per heavy atom. The van der Waals surface area contributed by atoms with Gasteiger partial charge in [-0.05, 0) is 36.4 Å². The predicted molar refractivity (Wildman–Crippen MR) is 127 cm³/mol. The first-order valence-corrected chi connectivity index (χ1v) is 12.8. The minimum Gasteiger partial charge on any atom is -0.461 e. The van der Waals surface area contributed by atoms with Gasteiger partial charge in [-0.25, -0.2) is 13.4 Å². The van der Waals surface area contributed by atoms with Crippen molar-refractivity contribution in [3.63, 3.8) is 0 Å². The number of sulfonamides is 1. The minimum absolute atomic E-state index is 0.0630. The van der Waals surface area contributed by atoms with Gasteiger partial charge in [0.2, 0.25) is 11.7 Å². The molecule has 0 spiro atoms. The number of furan rings is 1. The number of allylic oxidation sites excluding steroid dienone is 1. The van der Waals surface area contributed by atoms with E-state index in [1.54, 1.807) is 34.4 Å². The molecule has 1 amide bonds. The maximum absolute atomic E-state index is 12.4. The molecule has 13 heteroatoms. The predicted octanol–water partition coefficient (Wildman–Crippen LogP) is 3.71. The Balaban J connectivity index is 1.37. The number of rotatable bonds is 10. The summed E-state index contributed by atoms with van der Waals surface area (Å²) in [6, 6.07) is 9.40. The van der Waals surface area contributed by atoms with Gasteiger partial charge in [0, 0.05) is 23.8 Å². The lowest BCUT2D eigenvalue weighted by Gasteiger charge is -2.08. The molecule has 3 heterocycles. The third-order valence-electron chi connectivity index (χ3n) is 4.20. The largest absolute Gasteiger partial charge is 0.461 e. The summed E-state index contributed by atoms with van der Waals surface area (Å²) in [7, 11) is -3.75.